The van der Waals surface area contributed by atoms with E-state index < -0.39 is 0 Å². The Balaban J connectivity index is 0. The van der Waals surface area contributed by atoms with Gasteiger partial charge in [0.15, 0.2) is 0 Å². The number of hydrogen-bond donors (Lipinski definition) is 0. The molecule has 0 saturated carbocycles. The van der Waals surface area contributed by atoms with E-state index in [0.29, 0.717) is 0 Å². The van der Waals surface area contributed by atoms with Crippen molar-refractivity contribution in [1.29, 1.82) is 0 Å². The summed E-state index contributed by atoms with van der Waals surface area (Å²) in [6.45, 7) is 4.62. The quantitative estimate of drug-likeness (QED) is 0.0678. The minimum atomic E-state index is 0. The maximum absolute atomic E-state index is 2.51. The molecule has 0 spiro atoms. The second-order valence-electron chi connectivity index (χ2n) is 13.4. The smallest absolute Gasteiger partial charge is 0.00891 e. The van der Waals surface area contributed by atoms with Crippen molar-refractivity contribution in [2.75, 3.05) is 14.1 Å². The first kappa shape index (κ1) is 42.4. The molecule has 1 nitrogen and oxygen atoms in total. The molecule has 0 aliphatic carbocycles. The van der Waals surface area contributed by atoms with Gasteiger partial charge in [-0.2, -0.15) is 0 Å². The second-order valence-corrected chi connectivity index (χ2v) is 13.4. The zero-order valence-corrected chi connectivity index (χ0v) is 29.6. The van der Waals surface area contributed by atoms with Crippen molar-refractivity contribution in [2.45, 2.75) is 232 Å². The van der Waals surface area contributed by atoms with Gasteiger partial charge in [-0.25, -0.2) is 0 Å². The normalized spacial score (nSPS) is 12.2. The van der Waals surface area contributed by atoms with E-state index in [2.05, 4.69) is 32.8 Å². The van der Waals surface area contributed by atoms with Gasteiger partial charge in [0.05, 0.1) is 0 Å². The molecule has 0 saturated heterocycles. The van der Waals surface area contributed by atoms with Gasteiger partial charge in [-0.05, 0) is 26.9 Å². The van der Waals surface area contributed by atoms with Crippen molar-refractivity contribution < 1.29 is 0 Å². The number of nitrogens with zero attached hydrogens (tertiary/aromatic N) is 1. The highest BCUT2D eigenvalue weighted by Gasteiger charge is 2.10. The maximum atomic E-state index is 2.51. The van der Waals surface area contributed by atoms with Crippen molar-refractivity contribution in [1.82, 2.24) is 4.90 Å². The first-order valence-corrected chi connectivity index (χ1v) is 18.9. The van der Waals surface area contributed by atoms with Crippen LogP contribution in [0.1, 0.15) is 226 Å². The molecule has 0 fully saturated rings. The van der Waals surface area contributed by atoms with Crippen LogP contribution >= 0.6 is 12.4 Å². The lowest BCUT2D eigenvalue weighted by Gasteiger charge is -2.24. The zero-order chi connectivity index (χ0) is 28.5. The van der Waals surface area contributed by atoms with Gasteiger partial charge in [-0.15, -0.1) is 12.4 Å². The maximum Gasteiger partial charge on any atom is 0.00891 e. The van der Waals surface area contributed by atoms with Gasteiger partial charge < -0.3 is 4.90 Å². The topological polar surface area (TPSA) is 3.24 Å². The van der Waals surface area contributed by atoms with E-state index in [1.165, 1.54) is 212 Å². The third-order valence-corrected chi connectivity index (χ3v) is 9.26. The molecule has 0 rings (SSSR count). The average Bonchev–Trinajstić information content (AvgIpc) is 2.93. The summed E-state index contributed by atoms with van der Waals surface area (Å²) >= 11 is 0. The van der Waals surface area contributed by atoms with Crippen LogP contribution in [0.25, 0.3) is 0 Å². The minimum absolute atomic E-state index is 0. The van der Waals surface area contributed by atoms with Crippen LogP contribution in [0, 0.1) is 0 Å². The van der Waals surface area contributed by atoms with E-state index in [9.17, 15) is 0 Å². The molecule has 1 atom stereocenters. The van der Waals surface area contributed by atoms with Crippen molar-refractivity contribution in [3.8, 4) is 0 Å². The van der Waals surface area contributed by atoms with E-state index in [1.54, 1.807) is 0 Å². The van der Waals surface area contributed by atoms with Crippen LogP contribution in [0.4, 0.5) is 0 Å². The zero-order valence-electron chi connectivity index (χ0n) is 28.8. The number of rotatable bonds is 34. The Morgan fingerprint density at radius 1 is 0.300 bits per heavy atom. The van der Waals surface area contributed by atoms with Crippen LogP contribution in [0.5, 0.6) is 0 Å². The highest BCUT2D eigenvalue weighted by atomic mass is 35.5. The molecular formula is C38H80ClN. The largest absolute Gasteiger partial charge is 0.306 e. The molecule has 0 aromatic carbocycles. The molecule has 0 aromatic heterocycles. The fraction of sp³-hybridized carbons (Fsp3) is 1.00. The van der Waals surface area contributed by atoms with Gasteiger partial charge in [0, 0.05) is 6.04 Å². The van der Waals surface area contributed by atoms with E-state index in [1.807, 2.05) is 0 Å². The van der Waals surface area contributed by atoms with Gasteiger partial charge >= 0.3 is 0 Å². The summed E-state index contributed by atoms with van der Waals surface area (Å²) in [5.74, 6) is 0. The Bertz CT molecular complexity index is 424. The fourth-order valence-electron chi connectivity index (χ4n) is 6.34. The summed E-state index contributed by atoms with van der Waals surface area (Å²) in [5.41, 5.74) is 0. The van der Waals surface area contributed by atoms with Gasteiger partial charge in [0.1, 0.15) is 0 Å². The summed E-state index contributed by atoms with van der Waals surface area (Å²) in [6.07, 6.45) is 48.3. The molecule has 0 heterocycles. The first-order chi connectivity index (χ1) is 19.2. The summed E-state index contributed by atoms with van der Waals surface area (Å²) in [6, 6.07) is 0.818. The Kier molecular flexibility index (Phi) is 39.5. The van der Waals surface area contributed by atoms with Crippen LogP contribution in [-0.4, -0.2) is 25.0 Å². The molecule has 2 heteroatoms. The van der Waals surface area contributed by atoms with E-state index >= 15 is 0 Å². The van der Waals surface area contributed by atoms with Crippen molar-refractivity contribution >= 4 is 12.4 Å². The molecule has 244 valence electrons. The van der Waals surface area contributed by atoms with Crippen LogP contribution in [0.15, 0.2) is 0 Å². The second kappa shape index (κ2) is 37.3. The van der Waals surface area contributed by atoms with E-state index in [4.69, 9.17) is 0 Å². The number of halogens is 1. The summed E-state index contributed by atoms with van der Waals surface area (Å²) in [4.78, 5) is 2.51. The van der Waals surface area contributed by atoms with Crippen molar-refractivity contribution in [3.05, 3.63) is 0 Å². The molecule has 0 bridgehead atoms. The monoisotopic (exact) mass is 586 g/mol. The van der Waals surface area contributed by atoms with Gasteiger partial charge in [-0.3, -0.25) is 0 Å². The Morgan fingerprint density at radius 3 is 0.650 bits per heavy atom. The lowest BCUT2D eigenvalue weighted by Crippen LogP contribution is -2.27. The van der Waals surface area contributed by atoms with Gasteiger partial charge in [-0.1, -0.05) is 213 Å². The fourth-order valence-corrected chi connectivity index (χ4v) is 6.34. The number of hydrogen-bond acceptors (Lipinski definition) is 1. The highest BCUT2D eigenvalue weighted by molar-refractivity contribution is 5.85. The lowest BCUT2D eigenvalue weighted by atomic mass is 9.99. The van der Waals surface area contributed by atoms with Crippen LogP contribution in [0.2, 0.25) is 0 Å². The minimum Gasteiger partial charge on any atom is -0.306 e. The van der Waals surface area contributed by atoms with E-state index in [0.717, 1.165) is 6.04 Å². The molecule has 0 aliphatic rings. The lowest BCUT2D eigenvalue weighted by molar-refractivity contribution is 0.251. The summed E-state index contributed by atoms with van der Waals surface area (Å²) in [5, 5.41) is 0. The predicted octanol–water partition coefficient (Wildman–Crippen LogP) is 14.3. The standard InChI is InChI=1S/C38H79N.ClH/c1-5-7-9-11-13-15-17-19-21-23-25-27-29-31-33-35-37-38(39(3)4)36-34-32-30-28-26-24-22-20-18-16-14-12-10-8-6-2;/h38H,5-37H2,1-4H3;1H. The Labute approximate surface area is 262 Å². The Hall–Kier alpha value is 0.250. The molecule has 0 N–H and O–H groups in total. The molecule has 1 unspecified atom stereocenters. The third-order valence-electron chi connectivity index (χ3n) is 9.26. The average molecular weight is 587 g/mol. The van der Waals surface area contributed by atoms with Crippen LogP contribution < -0.4 is 0 Å². The molecule has 0 radical (unpaired) electrons. The molecule has 40 heavy (non-hydrogen) atoms. The van der Waals surface area contributed by atoms with Crippen molar-refractivity contribution in [2.24, 2.45) is 0 Å². The van der Waals surface area contributed by atoms with Gasteiger partial charge in [0.25, 0.3) is 0 Å². The Morgan fingerprint density at radius 2 is 0.475 bits per heavy atom. The third kappa shape index (κ3) is 34.5. The summed E-state index contributed by atoms with van der Waals surface area (Å²) in [7, 11) is 4.62. The van der Waals surface area contributed by atoms with Crippen molar-refractivity contribution in [3.63, 3.8) is 0 Å². The molecular weight excluding hydrogens is 506 g/mol. The van der Waals surface area contributed by atoms with Crippen LogP contribution in [-0.2, 0) is 0 Å². The van der Waals surface area contributed by atoms with E-state index in [-0.39, 0.29) is 12.4 Å². The molecule has 0 aromatic rings. The predicted molar refractivity (Wildman–Crippen MR) is 188 cm³/mol. The van der Waals surface area contributed by atoms with Gasteiger partial charge in [0.2, 0.25) is 0 Å². The highest BCUT2D eigenvalue weighted by Crippen LogP contribution is 2.19. The molecule has 0 amide bonds. The summed E-state index contributed by atoms with van der Waals surface area (Å²) < 4.78 is 0. The first-order valence-electron chi connectivity index (χ1n) is 18.9. The SMILES string of the molecule is CCCCCCCCCCCCCCCCCCC(CCCCCCCCCCCCCCCCC)N(C)C.Cl. The van der Waals surface area contributed by atoms with Crippen LogP contribution in [0.3, 0.4) is 0 Å². The molecule has 0 aliphatic heterocycles. The number of unbranched alkanes of at least 4 members (excludes halogenated alkanes) is 29.